The topological polar surface area (TPSA) is 0 Å². The summed E-state index contributed by atoms with van der Waals surface area (Å²) in [4.78, 5) is 0. The van der Waals surface area contributed by atoms with Crippen molar-refractivity contribution in [2.45, 2.75) is 39.0 Å². The second-order valence-electron chi connectivity index (χ2n) is 5.73. The molecule has 90 valence electrons. The van der Waals surface area contributed by atoms with Crippen molar-refractivity contribution in [1.29, 1.82) is 0 Å². The number of fused-ring (bicyclic) bond motifs is 3. The summed E-state index contributed by atoms with van der Waals surface area (Å²) >= 11 is 0. The van der Waals surface area contributed by atoms with Gasteiger partial charge in [0.15, 0.2) is 0 Å². The number of hydrogen-bond donors (Lipinski definition) is 0. The average Bonchev–Trinajstić information content (AvgIpc) is 2.78. The highest BCUT2D eigenvalue weighted by atomic mass is 14.3. The van der Waals surface area contributed by atoms with Gasteiger partial charge in [-0.15, -0.1) is 0 Å². The highest BCUT2D eigenvalue weighted by Gasteiger charge is 2.26. The predicted octanol–water partition coefficient (Wildman–Crippen LogP) is 3.14. The summed E-state index contributed by atoms with van der Waals surface area (Å²) in [6.07, 6.45) is 11.2. The van der Waals surface area contributed by atoms with Gasteiger partial charge in [0.1, 0.15) is 0 Å². The third kappa shape index (κ3) is 1.38. The number of aryl methyl sites for hydroxylation is 1. The summed E-state index contributed by atoms with van der Waals surface area (Å²) in [6.45, 7) is 2.20. The van der Waals surface area contributed by atoms with E-state index in [2.05, 4.69) is 37.3 Å². The van der Waals surface area contributed by atoms with E-state index >= 15 is 0 Å². The first-order valence-electron chi connectivity index (χ1n) is 7.05. The molecule has 0 aliphatic heterocycles. The van der Waals surface area contributed by atoms with Crippen LogP contribution in [0.3, 0.4) is 0 Å². The second-order valence-corrected chi connectivity index (χ2v) is 5.73. The van der Waals surface area contributed by atoms with Crippen LogP contribution >= 0.6 is 0 Å². The van der Waals surface area contributed by atoms with E-state index in [1.165, 1.54) is 41.7 Å². The molecule has 0 heterocycles. The fourth-order valence-corrected chi connectivity index (χ4v) is 3.67. The van der Waals surface area contributed by atoms with Gasteiger partial charge >= 0.3 is 0 Å². The Morgan fingerprint density at radius 2 is 1.94 bits per heavy atom. The minimum Gasteiger partial charge on any atom is -0.0807 e. The quantitative estimate of drug-likeness (QED) is 0.647. The molecule has 0 spiro atoms. The van der Waals surface area contributed by atoms with E-state index in [0.29, 0.717) is 0 Å². The van der Waals surface area contributed by atoms with E-state index in [4.69, 9.17) is 0 Å². The Balaban J connectivity index is 2.06. The molecular weight excluding hydrogens is 216 g/mol. The minimum atomic E-state index is 1.15. The van der Waals surface area contributed by atoms with E-state index < -0.39 is 0 Å². The van der Waals surface area contributed by atoms with Crippen LogP contribution in [0.1, 0.15) is 37.7 Å². The van der Waals surface area contributed by atoms with E-state index in [0.717, 1.165) is 6.42 Å². The van der Waals surface area contributed by atoms with E-state index in [1.54, 1.807) is 22.3 Å². The standard InChI is InChI=1S/C18H18/c1-12-6-7-13-8-9-16-15-5-3-2-4-14(15)11-18(16)17(13)10-12/h4,6-8,10H,2-3,5,9,11H2,1H3. The van der Waals surface area contributed by atoms with Gasteiger partial charge in [-0.3, -0.25) is 0 Å². The zero-order valence-electron chi connectivity index (χ0n) is 10.9. The van der Waals surface area contributed by atoms with Crippen LogP contribution in [0.5, 0.6) is 0 Å². The van der Waals surface area contributed by atoms with Crippen molar-refractivity contribution >= 4 is 11.6 Å². The third-order valence-corrected chi connectivity index (χ3v) is 4.57. The molecule has 0 fully saturated rings. The zero-order valence-corrected chi connectivity index (χ0v) is 10.9. The van der Waals surface area contributed by atoms with Gasteiger partial charge in [-0.05, 0) is 71.8 Å². The molecule has 0 aromatic heterocycles. The minimum absolute atomic E-state index is 1.15. The first-order valence-corrected chi connectivity index (χ1v) is 7.05. The van der Waals surface area contributed by atoms with E-state index in [9.17, 15) is 0 Å². The largest absolute Gasteiger partial charge is 0.0807 e. The Kier molecular flexibility index (Phi) is 2.14. The summed E-state index contributed by atoms with van der Waals surface area (Å²) in [5, 5.41) is 2.94. The van der Waals surface area contributed by atoms with Gasteiger partial charge in [-0.1, -0.05) is 35.9 Å². The van der Waals surface area contributed by atoms with Crippen LogP contribution in [-0.4, -0.2) is 0 Å². The molecule has 0 bridgehead atoms. The number of hydrogen-bond acceptors (Lipinski definition) is 0. The molecular formula is C18H18. The second kappa shape index (κ2) is 3.71. The first-order chi connectivity index (χ1) is 8.83. The molecule has 0 nitrogen and oxygen atoms in total. The maximum Gasteiger partial charge on any atom is -0.00170 e. The van der Waals surface area contributed by atoms with Crippen LogP contribution in [-0.2, 0) is 0 Å². The molecule has 0 unspecified atom stereocenters. The van der Waals surface area contributed by atoms with Crippen LogP contribution in [0.15, 0.2) is 41.0 Å². The Bertz CT molecular complexity index is 711. The number of rotatable bonds is 0. The van der Waals surface area contributed by atoms with Crippen molar-refractivity contribution in [1.82, 2.24) is 0 Å². The SMILES string of the molecule is Cc1ccc2c(c1)=C1CC3=CCCCC3=C1CC=2. The van der Waals surface area contributed by atoms with E-state index in [1.807, 2.05) is 0 Å². The Morgan fingerprint density at radius 3 is 2.89 bits per heavy atom. The summed E-state index contributed by atoms with van der Waals surface area (Å²) in [6, 6.07) is 6.89. The van der Waals surface area contributed by atoms with Crippen LogP contribution in [0.4, 0.5) is 0 Å². The van der Waals surface area contributed by atoms with Crippen molar-refractivity contribution in [3.05, 3.63) is 57.0 Å². The van der Waals surface area contributed by atoms with Crippen molar-refractivity contribution < 1.29 is 0 Å². The lowest BCUT2D eigenvalue weighted by Gasteiger charge is -2.13. The molecule has 0 radical (unpaired) electrons. The van der Waals surface area contributed by atoms with Crippen LogP contribution in [0.25, 0.3) is 11.6 Å². The van der Waals surface area contributed by atoms with Crippen molar-refractivity contribution in [2.75, 3.05) is 0 Å². The molecule has 3 aliphatic carbocycles. The summed E-state index contributed by atoms with van der Waals surface area (Å²) in [7, 11) is 0. The summed E-state index contributed by atoms with van der Waals surface area (Å²) < 4.78 is 0. The van der Waals surface area contributed by atoms with Crippen molar-refractivity contribution in [2.24, 2.45) is 0 Å². The van der Waals surface area contributed by atoms with Crippen LogP contribution in [0, 0.1) is 6.92 Å². The summed E-state index contributed by atoms with van der Waals surface area (Å²) in [5.74, 6) is 0. The third-order valence-electron chi connectivity index (χ3n) is 4.57. The first kappa shape index (κ1) is 10.4. The molecule has 4 rings (SSSR count). The maximum atomic E-state index is 2.48. The highest BCUT2D eigenvalue weighted by molar-refractivity contribution is 5.79. The molecule has 0 atom stereocenters. The number of benzene rings is 1. The van der Waals surface area contributed by atoms with Gasteiger partial charge in [0.25, 0.3) is 0 Å². The molecule has 0 N–H and O–H groups in total. The molecule has 3 aliphatic rings. The lowest BCUT2D eigenvalue weighted by molar-refractivity contribution is 0.798. The van der Waals surface area contributed by atoms with Gasteiger partial charge < -0.3 is 0 Å². The van der Waals surface area contributed by atoms with Crippen molar-refractivity contribution in [3.63, 3.8) is 0 Å². The Morgan fingerprint density at radius 1 is 1.00 bits per heavy atom. The molecule has 18 heavy (non-hydrogen) atoms. The Labute approximate surface area is 108 Å². The average molecular weight is 234 g/mol. The monoisotopic (exact) mass is 234 g/mol. The normalized spacial score (nSPS) is 20.9. The number of allylic oxidation sites excluding steroid dienone is 4. The molecule has 0 amide bonds. The van der Waals surface area contributed by atoms with Gasteiger partial charge in [0, 0.05) is 0 Å². The predicted molar refractivity (Wildman–Crippen MR) is 76.5 cm³/mol. The van der Waals surface area contributed by atoms with Crippen molar-refractivity contribution in [3.8, 4) is 0 Å². The molecule has 0 saturated heterocycles. The fourth-order valence-electron chi connectivity index (χ4n) is 3.67. The maximum absolute atomic E-state index is 2.48. The Hall–Kier alpha value is -1.56. The van der Waals surface area contributed by atoms with Gasteiger partial charge in [-0.2, -0.15) is 0 Å². The summed E-state index contributed by atoms with van der Waals surface area (Å²) in [5.41, 5.74) is 7.97. The fraction of sp³-hybridized carbons (Fsp3) is 0.333. The lowest BCUT2D eigenvalue weighted by atomic mass is 9.92. The highest BCUT2D eigenvalue weighted by Crippen LogP contribution is 2.43. The molecule has 0 saturated carbocycles. The van der Waals surface area contributed by atoms with Crippen LogP contribution in [0.2, 0.25) is 0 Å². The molecule has 0 heteroatoms. The zero-order chi connectivity index (χ0) is 12.1. The molecule has 1 aromatic carbocycles. The van der Waals surface area contributed by atoms with Crippen LogP contribution < -0.4 is 10.4 Å². The lowest BCUT2D eigenvalue weighted by Crippen LogP contribution is -2.29. The van der Waals surface area contributed by atoms with Gasteiger partial charge in [0.05, 0.1) is 0 Å². The molecule has 1 aromatic rings. The van der Waals surface area contributed by atoms with E-state index in [-0.39, 0.29) is 0 Å². The van der Waals surface area contributed by atoms with Gasteiger partial charge in [-0.25, -0.2) is 0 Å². The van der Waals surface area contributed by atoms with Gasteiger partial charge in [0.2, 0.25) is 0 Å². The smallest absolute Gasteiger partial charge is 0.00170 e.